The van der Waals surface area contributed by atoms with E-state index in [1.165, 1.54) is 12.1 Å². The van der Waals surface area contributed by atoms with Crippen molar-refractivity contribution in [3.05, 3.63) is 53.6 Å². The first-order chi connectivity index (χ1) is 12.0. The Hall–Kier alpha value is -1.80. The molecule has 0 radical (unpaired) electrons. The van der Waals surface area contributed by atoms with E-state index in [-0.39, 0.29) is 33.9 Å². The van der Waals surface area contributed by atoms with E-state index in [0.29, 0.717) is 5.69 Å². The molecule has 27 heavy (non-hydrogen) atoms. The number of nitrogens with one attached hydrogen (secondary N) is 2. The fourth-order valence-corrected chi connectivity index (χ4v) is 3.47. The summed E-state index contributed by atoms with van der Waals surface area (Å²) in [5, 5.41) is 2.94. The van der Waals surface area contributed by atoms with E-state index < -0.39 is 21.5 Å². The summed E-state index contributed by atoms with van der Waals surface area (Å²) in [4.78, 5) is 12.2. The number of sulfonamides is 1. The highest BCUT2D eigenvalue weighted by Crippen LogP contribution is 2.25. The summed E-state index contributed by atoms with van der Waals surface area (Å²) in [5.74, 6) is -0.383. The number of carbonyl (C=O) groups is 1. The lowest BCUT2D eigenvalue weighted by molar-refractivity contribution is -0.119. The van der Waals surface area contributed by atoms with E-state index in [9.17, 15) is 13.2 Å². The molecular formula is C18H23Cl2N3O3S. The monoisotopic (exact) mass is 431 g/mol. The van der Waals surface area contributed by atoms with Crippen LogP contribution in [0.3, 0.4) is 0 Å². The van der Waals surface area contributed by atoms with Gasteiger partial charge in [-0.05, 0) is 35.7 Å². The molecule has 0 heterocycles. The molecule has 0 saturated heterocycles. The number of para-hydroxylation sites is 1. The molecule has 4 N–H and O–H groups in total. The van der Waals surface area contributed by atoms with Crippen LogP contribution in [-0.4, -0.2) is 20.4 Å². The molecule has 0 bridgehead atoms. The van der Waals surface area contributed by atoms with Crippen LogP contribution in [-0.2, 0) is 14.8 Å². The quantitative estimate of drug-likeness (QED) is 0.668. The average molecular weight is 432 g/mol. The summed E-state index contributed by atoms with van der Waals surface area (Å²) in [7, 11) is -3.86. The molecule has 0 aliphatic rings. The maximum absolute atomic E-state index is 12.6. The van der Waals surface area contributed by atoms with E-state index in [1.54, 1.807) is 36.4 Å². The first-order valence-electron chi connectivity index (χ1n) is 7.94. The highest BCUT2D eigenvalue weighted by Gasteiger charge is 2.27. The third-order valence-corrected chi connectivity index (χ3v) is 5.44. The van der Waals surface area contributed by atoms with Crippen molar-refractivity contribution in [1.29, 1.82) is 0 Å². The Bertz CT molecular complexity index is 912. The summed E-state index contributed by atoms with van der Waals surface area (Å²) in [6.07, 6.45) is 0. The van der Waals surface area contributed by atoms with E-state index in [4.69, 9.17) is 17.3 Å². The zero-order chi connectivity index (χ0) is 19.5. The number of anilines is 2. The van der Waals surface area contributed by atoms with Gasteiger partial charge in [-0.1, -0.05) is 50.6 Å². The summed E-state index contributed by atoms with van der Waals surface area (Å²) in [6, 6.07) is 11.7. The van der Waals surface area contributed by atoms with Crippen molar-refractivity contribution in [3.8, 4) is 0 Å². The molecule has 0 fully saturated rings. The van der Waals surface area contributed by atoms with Crippen LogP contribution in [0.25, 0.3) is 0 Å². The molecule has 1 atom stereocenters. The second kappa shape index (κ2) is 8.93. The van der Waals surface area contributed by atoms with Crippen LogP contribution in [0.4, 0.5) is 11.4 Å². The molecule has 2 aromatic rings. The van der Waals surface area contributed by atoms with Crippen LogP contribution >= 0.6 is 24.0 Å². The Kier molecular flexibility index (Phi) is 7.68. The molecular weight excluding hydrogens is 409 g/mol. The van der Waals surface area contributed by atoms with Crippen LogP contribution in [0, 0.1) is 5.41 Å². The number of carbonyl (C=O) groups excluding carboxylic acids is 1. The highest BCUT2D eigenvalue weighted by atomic mass is 35.5. The van der Waals surface area contributed by atoms with Crippen molar-refractivity contribution >= 4 is 51.3 Å². The minimum Gasteiger partial charge on any atom is -0.325 e. The molecule has 1 amide bonds. The van der Waals surface area contributed by atoms with Crippen LogP contribution in [0.5, 0.6) is 0 Å². The van der Waals surface area contributed by atoms with Gasteiger partial charge in [0.25, 0.3) is 10.0 Å². The third kappa shape index (κ3) is 6.10. The molecule has 2 rings (SSSR count). The molecule has 148 valence electrons. The van der Waals surface area contributed by atoms with E-state index in [2.05, 4.69) is 10.0 Å². The van der Waals surface area contributed by atoms with Crippen molar-refractivity contribution in [2.24, 2.45) is 11.1 Å². The van der Waals surface area contributed by atoms with Gasteiger partial charge in [0.15, 0.2) is 0 Å². The topological polar surface area (TPSA) is 101 Å². The maximum Gasteiger partial charge on any atom is 0.262 e. The summed E-state index contributed by atoms with van der Waals surface area (Å²) >= 11 is 6.00. The smallest absolute Gasteiger partial charge is 0.262 e. The molecule has 0 aliphatic carbocycles. The number of halogens is 2. The van der Waals surface area contributed by atoms with Crippen LogP contribution in [0.2, 0.25) is 5.02 Å². The number of hydrogen-bond donors (Lipinski definition) is 3. The Morgan fingerprint density at radius 2 is 1.74 bits per heavy atom. The Morgan fingerprint density at radius 3 is 2.33 bits per heavy atom. The molecule has 0 spiro atoms. The van der Waals surface area contributed by atoms with Gasteiger partial charge in [0, 0.05) is 5.69 Å². The van der Waals surface area contributed by atoms with Crippen LogP contribution < -0.4 is 15.8 Å². The second-order valence-electron chi connectivity index (χ2n) is 6.95. The lowest BCUT2D eigenvalue weighted by atomic mass is 9.87. The number of nitrogens with two attached hydrogens (primary N) is 1. The number of rotatable bonds is 5. The first-order valence-corrected chi connectivity index (χ1v) is 9.81. The lowest BCUT2D eigenvalue weighted by Crippen LogP contribution is -2.45. The molecule has 0 aliphatic heterocycles. The largest absolute Gasteiger partial charge is 0.325 e. The van der Waals surface area contributed by atoms with Gasteiger partial charge in [-0.25, -0.2) is 8.42 Å². The highest BCUT2D eigenvalue weighted by molar-refractivity contribution is 7.92. The number of hydrogen-bond acceptors (Lipinski definition) is 4. The van der Waals surface area contributed by atoms with E-state index >= 15 is 0 Å². The first kappa shape index (κ1) is 23.2. The van der Waals surface area contributed by atoms with Gasteiger partial charge in [0.1, 0.15) is 0 Å². The van der Waals surface area contributed by atoms with Crippen molar-refractivity contribution in [2.45, 2.75) is 31.7 Å². The molecule has 6 nitrogen and oxygen atoms in total. The van der Waals surface area contributed by atoms with Gasteiger partial charge < -0.3 is 11.1 Å². The van der Waals surface area contributed by atoms with Gasteiger partial charge in [-0.2, -0.15) is 0 Å². The lowest BCUT2D eigenvalue weighted by Gasteiger charge is -2.25. The van der Waals surface area contributed by atoms with Gasteiger partial charge in [0.05, 0.1) is 21.6 Å². The van der Waals surface area contributed by atoms with Crippen LogP contribution in [0.1, 0.15) is 20.8 Å². The average Bonchev–Trinajstić information content (AvgIpc) is 2.55. The molecule has 0 aromatic heterocycles. The maximum atomic E-state index is 12.6. The van der Waals surface area contributed by atoms with E-state index in [0.717, 1.165) is 0 Å². The molecule has 0 saturated carbocycles. The normalized spacial score (nSPS) is 12.6. The Balaban J connectivity index is 0.00000364. The van der Waals surface area contributed by atoms with E-state index in [1.807, 2.05) is 20.8 Å². The predicted molar refractivity (Wildman–Crippen MR) is 112 cm³/mol. The van der Waals surface area contributed by atoms with Gasteiger partial charge >= 0.3 is 0 Å². The zero-order valence-electron chi connectivity index (χ0n) is 15.2. The molecule has 9 heteroatoms. The van der Waals surface area contributed by atoms with Crippen molar-refractivity contribution < 1.29 is 13.2 Å². The van der Waals surface area contributed by atoms with Gasteiger partial charge in [0.2, 0.25) is 5.91 Å². The third-order valence-electron chi connectivity index (χ3n) is 3.75. The molecule has 0 unspecified atom stereocenters. The SMILES string of the molecule is CC(C)(C)[C@H](N)C(=O)Nc1cccc(S(=O)(=O)Nc2ccccc2Cl)c1.Cl. The minimum atomic E-state index is -3.86. The Labute approximate surface area is 170 Å². The van der Waals surface area contributed by atoms with Crippen LogP contribution in [0.15, 0.2) is 53.4 Å². The summed E-state index contributed by atoms with van der Waals surface area (Å²) < 4.78 is 27.6. The van der Waals surface area contributed by atoms with Crippen molar-refractivity contribution in [3.63, 3.8) is 0 Å². The number of benzene rings is 2. The van der Waals surface area contributed by atoms with Gasteiger partial charge in [-0.3, -0.25) is 9.52 Å². The fraction of sp³-hybridized carbons (Fsp3) is 0.278. The fourth-order valence-electron chi connectivity index (χ4n) is 2.10. The standard InChI is InChI=1S/C18H22ClN3O3S.ClH/c1-18(2,3)16(20)17(23)21-12-7-6-8-13(11-12)26(24,25)22-15-10-5-4-9-14(15)19;/h4-11,16,22H,20H2,1-3H3,(H,21,23);1H/t16-;/m1./s1. The number of amides is 1. The Morgan fingerprint density at radius 1 is 1.11 bits per heavy atom. The van der Waals surface area contributed by atoms with Crippen molar-refractivity contribution in [2.75, 3.05) is 10.0 Å². The summed E-state index contributed by atoms with van der Waals surface area (Å²) in [6.45, 7) is 5.56. The second-order valence-corrected chi connectivity index (χ2v) is 9.04. The summed E-state index contributed by atoms with van der Waals surface area (Å²) in [5.41, 5.74) is 6.13. The van der Waals surface area contributed by atoms with Gasteiger partial charge in [-0.15, -0.1) is 12.4 Å². The predicted octanol–water partition coefficient (Wildman–Crippen LogP) is 3.87. The van der Waals surface area contributed by atoms with Crippen molar-refractivity contribution in [1.82, 2.24) is 0 Å². The molecule has 2 aromatic carbocycles. The zero-order valence-corrected chi connectivity index (χ0v) is 17.6. The minimum absolute atomic E-state index is 0.